The van der Waals surface area contributed by atoms with E-state index in [0.717, 1.165) is 48.1 Å². The van der Waals surface area contributed by atoms with Crippen molar-refractivity contribution in [3.63, 3.8) is 0 Å². The Kier molecular flexibility index (Phi) is 5.30. The molecule has 1 aromatic carbocycles. The molecule has 3 aromatic rings. The summed E-state index contributed by atoms with van der Waals surface area (Å²) in [5.41, 5.74) is 5.78. The molecule has 3 nitrogen and oxygen atoms in total. The second kappa shape index (κ2) is 8.02. The maximum atomic E-state index is 13.1. The monoisotopic (exact) mass is 370 g/mol. The summed E-state index contributed by atoms with van der Waals surface area (Å²) in [6.45, 7) is 4.28. The molecule has 0 N–H and O–H groups in total. The predicted octanol–water partition coefficient (Wildman–Crippen LogP) is 4.70. The summed E-state index contributed by atoms with van der Waals surface area (Å²) in [5, 5.41) is 0. The molecular formula is C25H26N2O. The third-order valence-corrected chi connectivity index (χ3v) is 5.72. The van der Waals surface area contributed by atoms with Gasteiger partial charge in [0, 0.05) is 22.9 Å². The van der Waals surface area contributed by atoms with E-state index in [9.17, 15) is 4.79 Å². The van der Waals surface area contributed by atoms with Crippen molar-refractivity contribution in [2.45, 2.75) is 52.4 Å². The van der Waals surface area contributed by atoms with Gasteiger partial charge in [0.25, 0.3) is 5.56 Å². The molecule has 0 amide bonds. The highest BCUT2D eigenvalue weighted by Crippen LogP contribution is 2.23. The Hall–Kier alpha value is -2.86. The summed E-state index contributed by atoms with van der Waals surface area (Å²) in [7, 11) is 0. The number of nitrogens with zero attached hydrogens (tertiary/aromatic N) is 2. The summed E-state index contributed by atoms with van der Waals surface area (Å²) >= 11 is 0. The molecule has 1 atom stereocenters. The highest BCUT2D eigenvalue weighted by atomic mass is 16.1. The molecule has 3 heteroatoms. The van der Waals surface area contributed by atoms with E-state index in [1.807, 2.05) is 30.5 Å². The Balaban J connectivity index is 1.75. The molecule has 0 bridgehead atoms. The van der Waals surface area contributed by atoms with Gasteiger partial charge < -0.3 is 0 Å². The van der Waals surface area contributed by atoms with Crippen LogP contribution in [-0.2, 0) is 12.8 Å². The average Bonchev–Trinajstić information content (AvgIpc) is 2.68. The van der Waals surface area contributed by atoms with E-state index in [1.165, 1.54) is 18.4 Å². The van der Waals surface area contributed by atoms with Crippen molar-refractivity contribution in [1.82, 2.24) is 9.38 Å². The Morgan fingerprint density at radius 1 is 1.14 bits per heavy atom. The molecule has 0 radical (unpaired) electrons. The Morgan fingerprint density at radius 3 is 2.75 bits per heavy atom. The first-order valence-corrected chi connectivity index (χ1v) is 10.3. The third-order valence-electron chi connectivity index (χ3n) is 5.72. The molecule has 2 heterocycles. The zero-order valence-electron chi connectivity index (χ0n) is 16.7. The lowest BCUT2D eigenvalue weighted by Crippen LogP contribution is -2.25. The topological polar surface area (TPSA) is 34.4 Å². The number of aryl methyl sites for hydroxylation is 2. The molecular weight excluding hydrogens is 344 g/mol. The molecule has 0 aliphatic heterocycles. The van der Waals surface area contributed by atoms with E-state index in [0.29, 0.717) is 11.6 Å². The fraction of sp³-hybridized carbons (Fsp3) is 0.360. The average molecular weight is 370 g/mol. The summed E-state index contributed by atoms with van der Waals surface area (Å²) in [6, 6.07) is 12.0. The van der Waals surface area contributed by atoms with Crippen molar-refractivity contribution >= 4 is 5.65 Å². The number of aromatic nitrogens is 2. The Bertz CT molecular complexity index is 1130. The number of hydrogen-bond donors (Lipinski definition) is 0. The van der Waals surface area contributed by atoms with Crippen LogP contribution in [0.5, 0.6) is 0 Å². The lowest BCUT2D eigenvalue weighted by atomic mass is 9.88. The Morgan fingerprint density at radius 2 is 1.96 bits per heavy atom. The molecule has 142 valence electrons. The van der Waals surface area contributed by atoms with E-state index >= 15 is 0 Å². The van der Waals surface area contributed by atoms with E-state index < -0.39 is 0 Å². The van der Waals surface area contributed by atoms with Gasteiger partial charge in [0.2, 0.25) is 0 Å². The minimum Gasteiger partial charge on any atom is -0.269 e. The maximum Gasteiger partial charge on any atom is 0.261 e. The van der Waals surface area contributed by atoms with Crippen LogP contribution in [-0.4, -0.2) is 9.38 Å². The van der Waals surface area contributed by atoms with Crippen LogP contribution in [0.3, 0.4) is 0 Å². The zero-order valence-corrected chi connectivity index (χ0v) is 16.7. The minimum atomic E-state index is 0.0959. The highest BCUT2D eigenvalue weighted by Gasteiger charge is 2.19. The van der Waals surface area contributed by atoms with Gasteiger partial charge in [-0.25, -0.2) is 4.98 Å². The zero-order chi connectivity index (χ0) is 19.5. The number of hydrogen-bond acceptors (Lipinski definition) is 2. The van der Waals surface area contributed by atoms with Gasteiger partial charge >= 0.3 is 0 Å². The smallest absolute Gasteiger partial charge is 0.261 e. The number of fused-ring (bicyclic) bond motifs is 2. The van der Waals surface area contributed by atoms with E-state index in [1.54, 1.807) is 4.40 Å². The number of pyridine rings is 1. The lowest BCUT2D eigenvalue weighted by Gasteiger charge is -2.20. The first-order valence-electron chi connectivity index (χ1n) is 10.3. The lowest BCUT2D eigenvalue weighted by molar-refractivity contribution is 0.428. The van der Waals surface area contributed by atoms with E-state index in [2.05, 4.69) is 37.8 Å². The van der Waals surface area contributed by atoms with E-state index in [-0.39, 0.29) is 5.56 Å². The van der Waals surface area contributed by atoms with Gasteiger partial charge in [-0.3, -0.25) is 9.20 Å². The highest BCUT2D eigenvalue weighted by molar-refractivity contribution is 5.51. The minimum absolute atomic E-state index is 0.0959. The first-order chi connectivity index (χ1) is 13.6. The van der Waals surface area contributed by atoms with Gasteiger partial charge in [-0.15, -0.1) is 0 Å². The van der Waals surface area contributed by atoms with Gasteiger partial charge in [-0.1, -0.05) is 50.2 Å². The van der Waals surface area contributed by atoms with E-state index in [4.69, 9.17) is 4.98 Å². The van der Waals surface area contributed by atoms with Gasteiger partial charge in [0.05, 0.1) is 5.69 Å². The standard InChI is InChI=1S/C25H26N2O/c1-3-19-8-4-5-10-23-22(16-19)25(28)27-14-13-21(17-24(27)26-23)12-11-20-9-6-7-18(2)15-20/h6-7,9,13-15,17,19H,3-5,8,10,16H2,1-2H3. The summed E-state index contributed by atoms with van der Waals surface area (Å²) in [5.74, 6) is 7.01. The maximum absolute atomic E-state index is 13.1. The van der Waals surface area contributed by atoms with Crippen LogP contribution >= 0.6 is 0 Å². The summed E-state index contributed by atoms with van der Waals surface area (Å²) in [6.07, 6.45) is 8.25. The van der Waals surface area contributed by atoms with Crippen LogP contribution in [0.25, 0.3) is 5.65 Å². The van der Waals surface area contributed by atoms with Gasteiger partial charge in [0.15, 0.2) is 0 Å². The molecule has 1 unspecified atom stereocenters. The first kappa shape index (κ1) is 18.5. The second-order valence-electron chi connectivity index (χ2n) is 7.83. The van der Waals surface area contributed by atoms with Gasteiger partial charge in [-0.05, 0) is 61.9 Å². The molecule has 0 saturated carbocycles. The summed E-state index contributed by atoms with van der Waals surface area (Å²) < 4.78 is 1.69. The van der Waals surface area contributed by atoms with Crippen LogP contribution in [0.1, 0.15) is 60.6 Å². The van der Waals surface area contributed by atoms with Crippen LogP contribution < -0.4 is 5.56 Å². The summed E-state index contributed by atoms with van der Waals surface area (Å²) in [4.78, 5) is 18.0. The van der Waals surface area contributed by atoms with Crippen LogP contribution in [0.2, 0.25) is 0 Å². The van der Waals surface area contributed by atoms with Crippen LogP contribution in [0.4, 0.5) is 0 Å². The molecule has 0 saturated heterocycles. The fourth-order valence-corrected chi connectivity index (χ4v) is 4.04. The normalized spacial score (nSPS) is 16.6. The molecule has 2 aromatic heterocycles. The molecule has 1 aliphatic carbocycles. The van der Waals surface area contributed by atoms with Gasteiger partial charge in [-0.2, -0.15) is 0 Å². The van der Waals surface area contributed by atoms with Crippen molar-refractivity contribution < 1.29 is 0 Å². The van der Waals surface area contributed by atoms with Gasteiger partial charge in [0.1, 0.15) is 5.65 Å². The number of benzene rings is 1. The van der Waals surface area contributed by atoms with Crippen LogP contribution in [0.15, 0.2) is 47.4 Å². The van der Waals surface area contributed by atoms with Crippen molar-refractivity contribution in [2.75, 3.05) is 0 Å². The van der Waals surface area contributed by atoms with Crippen molar-refractivity contribution in [2.24, 2.45) is 5.92 Å². The Labute approximate surface area is 166 Å². The molecule has 28 heavy (non-hydrogen) atoms. The quantitative estimate of drug-likeness (QED) is 0.582. The predicted molar refractivity (Wildman–Crippen MR) is 114 cm³/mol. The molecule has 0 fully saturated rings. The fourth-order valence-electron chi connectivity index (χ4n) is 4.04. The molecule has 1 aliphatic rings. The molecule has 4 rings (SSSR count). The van der Waals surface area contributed by atoms with Crippen molar-refractivity contribution in [3.05, 3.63) is 80.9 Å². The van der Waals surface area contributed by atoms with Crippen LogP contribution in [0, 0.1) is 24.7 Å². The number of rotatable bonds is 1. The molecule has 0 spiro atoms. The van der Waals surface area contributed by atoms with Crippen molar-refractivity contribution in [1.29, 1.82) is 0 Å². The SMILES string of the molecule is CCC1CCCCc2nc3cc(C#Cc4cccc(C)c4)ccn3c(=O)c2C1. The second-order valence-corrected chi connectivity index (χ2v) is 7.83. The largest absolute Gasteiger partial charge is 0.269 e. The van der Waals surface area contributed by atoms with Crippen molar-refractivity contribution in [3.8, 4) is 11.8 Å². The third kappa shape index (κ3) is 3.87.